The highest BCUT2D eigenvalue weighted by atomic mass is 35.5. The number of amides is 1. The molecule has 0 aromatic heterocycles. The van der Waals surface area contributed by atoms with E-state index in [2.05, 4.69) is 19.2 Å². The summed E-state index contributed by atoms with van der Waals surface area (Å²) in [5.41, 5.74) is 0.940. The van der Waals surface area contributed by atoms with E-state index in [9.17, 15) is 4.79 Å². The molecule has 1 rings (SSSR count). The number of carbonyl (C=O) groups is 1. The summed E-state index contributed by atoms with van der Waals surface area (Å²) < 4.78 is 0. The summed E-state index contributed by atoms with van der Waals surface area (Å²) in [6.45, 7) is 4.68. The second-order valence-electron chi connectivity index (χ2n) is 5.58. The number of carbonyl (C=O) groups excluding carboxylic acids is 1. The average Bonchev–Trinajstić information content (AvgIpc) is 2.36. The molecule has 0 saturated heterocycles. The van der Waals surface area contributed by atoms with Crippen molar-refractivity contribution < 1.29 is 4.79 Å². The first-order valence-corrected chi connectivity index (χ1v) is 7.45. The number of hydrogen-bond acceptors (Lipinski definition) is 2. The van der Waals surface area contributed by atoms with E-state index in [1.807, 2.05) is 25.1 Å². The van der Waals surface area contributed by atoms with Gasteiger partial charge >= 0.3 is 0 Å². The Hall–Kier alpha value is -0.770. The zero-order chi connectivity index (χ0) is 15.3. The van der Waals surface area contributed by atoms with Gasteiger partial charge in [0.15, 0.2) is 0 Å². The Bertz CT molecular complexity index is 461. The Balaban J connectivity index is 2.62. The molecule has 0 spiro atoms. The molecule has 1 amide bonds. The first-order valence-electron chi connectivity index (χ1n) is 6.69. The van der Waals surface area contributed by atoms with Gasteiger partial charge in [0.2, 0.25) is 5.91 Å². The van der Waals surface area contributed by atoms with E-state index >= 15 is 0 Å². The summed E-state index contributed by atoms with van der Waals surface area (Å²) >= 11 is 11.8. The predicted octanol–water partition coefficient (Wildman–Crippen LogP) is 3.59. The minimum absolute atomic E-state index is 0.0368. The van der Waals surface area contributed by atoms with E-state index in [1.54, 1.807) is 12.1 Å². The molecular weight excluding hydrogens is 295 g/mol. The van der Waals surface area contributed by atoms with Crippen molar-refractivity contribution in [3.63, 3.8) is 0 Å². The highest BCUT2D eigenvalue weighted by molar-refractivity contribution is 6.42. The molecule has 0 fully saturated rings. The van der Waals surface area contributed by atoms with Crippen LogP contribution in [-0.2, 0) is 11.3 Å². The van der Waals surface area contributed by atoms with Crippen LogP contribution in [0.2, 0.25) is 10.0 Å². The van der Waals surface area contributed by atoms with Crippen molar-refractivity contribution in [1.29, 1.82) is 0 Å². The second-order valence-corrected chi connectivity index (χ2v) is 6.39. The minimum Gasteiger partial charge on any atom is -0.351 e. The Morgan fingerprint density at radius 1 is 1.25 bits per heavy atom. The summed E-state index contributed by atoms with van der Waals surface area (Å²) in [7, 11) is 3.84. The Kier molecular flexibility index (Phi) is 6.80. The quantitative estimate of drug-likeness (QED) is 0.870. The summed E-state index contributed by atoms with van der Waals surface area (Å²) in [4.78, 5) is 14.2. The molecule has 0 heterocycles. The molecule has 0 aliphatic heterocycles. The van der Waals surface area contributed by atoms with Crippen LogP contribution in [0.15, 0.2) is 18.2 Å². The van der Waals surface area contributed by atoms with Crippen LogP contribution in [0.4, 0.5) is 0 Å². The highest BCUT2D eigenvalue weighted by Crippen LogP contribution is 2.22. The zero-order valence-electron chi connectivity index (χ0n) is 12.4. The van der Waals surface area contributed by atoms with Crippen LogP contribution in [-0.4, -0.2) is 30.9 Å². The molecule has 0 saturated carbocycles. The lowest BCUT2D eigenvalue weighted by molar-refractivity contribution is -0.126. The van der Waals surface area contributed by atoms with Crippen LogP contribution in [0.3, 0.4) is 0 Å². The first kappa shape index (κ1) is 17.3. The van der Waals surface area contributed by atoms with Gasteiger partial charge in [-0.05, 0) is 44.1 Å². The third-order valence-corrected chi connectivity index (χ3v) is 3.81. The fraction of sp³-hybridized carbons (Fsp3) is 0.533. The van der Waals surface area contributed by atoms with E-state index in [-0.39, 0.29) is 11.9 Å². The van der Waals surface area contributed by atoms with Gasteiger partial charge in [-0.2, -0.15) is 0 Å². The van der Waals surface area contributed by atoms with Gasteiger partial charge in [-0.3, -0.25) is 9.69 Å². The molecule has 1 aromatic carbocycles. The summed E-state index contributed by atoms with van der Waals surface area (Å²) in [5, 5.41) is 3.98. The lowest BCUT2D eigenvalue weighted by atomic mass is 10.0. The van der Waals surface area contributed by atoms with Crippen molar-refractivity contribution in [2.24, 2.45) is 5.92 Å². The number of nitrogens with one attached hydrogen (secondary N) is 1. The van der Waals surface area contributed by atoms with E-state index in [0.717, 1.165) is 12.0 Å². The maximum Gasteiger partial charge on any atom is 0.237 e. The Morgan fingerprint density at radius 2 is 1.90 bits per heavy atom. The van der Waals surface area contributed by atoms with Gasteiger partial charge in [-0.15, -0.1) is 0 Å². The number of halogens is 2. The van der Waals surface area contributed by atoms with Gasteiger partial charge in [-0.1, -0.05) is 43.1 Å². The Labute approximate surface area is 131 Å². The van der Waals surface area contributed by atoms with Gasteiger partial charge in [0.25, 0.3) is 0 Å². The predicted molar refractivity (Wildman–Crippen MR) is 85.2 cm³/mol. The molecule has 1 atom stereocenters. The summed E-state index contributed by atoms with van der Waals surface area (Å²) in [6, 6.07) is 5.26. The van der Waals surface area contributed by atoms with Crippen molar-refractivity contribution >= 4 is 29.1 Å². The monoisotopic (exact) mass is 316 g/mol. The summed E-state index contributed by atoms with van der Waals surface area (Å²) in [6.07, 6.45) is 0.834. The van der Waals surface area contributed by atoms with Crippen molar-refractivity contribution in [3.05, 3.63) is 33.8 Å². The zero-order valence-corrected chi connectivity index (χ0v) is 13.9. The number of likely N-dealkylation sites (N-methyl/N-ethyl adjacent to an activating group) is 1. The highest BCUT2D eigenvalue weighted by Gasteiger charge is 2.21. The third-order valence-electron chi connectivity index (χ3n) is 3.07. The van der Waals surface area contributed by atoms with Gasteiger partial charge in [0.1, 0.15) is 0 Å². The van der Waals surface area contributed by atoms with Gasteiger partial charge in [0, 0.05) is 6.54 Å². The normalized spacial score (nSPS) is 12.8. The third kappa shape index (κ3) is 5.31. The van der Waals surface area contributed by atoms with Crippen LogP contribution in [0, 0.1) is 5.92 Å². The first-order chi connectivity index (χ1) is 9.31. The molecule has 0 bridgehead atoms. The molecule has 20 heavy (non-hydrogen) atoms. The van der Waals surface area contributed by atoms with Crippen molar-refractivity contribution in [3.8, 4) is 0 Å². The van der Waals surface area contributed by atoms with Gasteiger partial charge in [-0.25, -0.2) is 0 Å². The van der Waals surface area contributed by atoms with Gasteiger partial charge < -0.3 is 5.32 Å². The smallest absolute Gasteiger partial charge is 0.237 e. The molecule has 0 radical (unpaired) electrons. The van der Waals surface area contributed by atoms with E-state index in [1.165, 1.54) is 0 Å². The van der Waals surface area contributed by atoms with Crippen LogP contribution < -0.4 is 5.32 Å². The second kappa shape index (κ2) is 7.87. The molecule has 0 unspecified atom stereocenters. The molecule has 112 valence electrons. The average molecular weight is 317 g/mol. The van der Waals surface area contributed by atoms with E-state index in [0.29, 0.717) is 22.5 Å². The molecule has 3 nitrogen and oxygen atoms in total. The van der Waals surface area contributed by atoms with Gasteiger partial charge in [0.05, 0.1) is 16.1 Å². The number of benzene rings is 1. The molecule has 5 heteroatoms. The van der Waals surface area contributed by atoms with Crippen molar-refractivity contribution in [2.45, 2.75) is 32.9 Å². The Morgan fingerprint density at radius 3 is 2.40 bits per heavy atom. The SMILES string of the molecule is CC(C)C[C@H](C(=O)NCc1ccc(Cl)c(Cl)c1)N(C)C. The number of nitrogens with zero attached hydrogens (tertiary/aromatic N) is 1. The maximum absolute atomic E-state index is 12.2. The molecule has 1 N–H and O–H groups in total. The van der Waals surface area contributed by atoms with Crippen molar-refractivity contribution in [2.75, 3.05) is 14.1 Å². The molecule has 1 aromatic rings. The maximum atomic E-state index is 12.2. The lowest BCUT2D eigenvalue weighted by Gasteiger charge is -2.25. The standard InChI is InChI=1S/C15H22Cl2N2O/c1-10(2)7-14(19(3)4)15(20)18-9-11-5-6-12(16)13(17)8-11/h5-6,8,10,14H,7,9H2,1-4H3,(H,18,20)/t14-/m1/s1. The fourth-order valence-electron chi connectivity index (χ4n) is 1.96. The topological polar surface area (TPSA) is 32.3 Å². The fourth-order valence-corrected chi connectivity index (χ4v) is 2.28. The minimum atomic E-state index is -0.113. The van der Waals surface area contributed by atoms with Crippen LogP contribution >= 0.6 is 23.2 Å². The van der Waals surface area contributed by atoms with Crippen LogP contribution in [0.1, 0.15) is 25.8 Å². The molecular formula is C15H22Cl2N2O. The lowest BCUT2D eigenvalue weighted by Crippen LogP contribution is -2.44. The molecule has 0 aliphatic rings. The number of hydrogen-bond donors (Lipinski definition) is 1. The van der Waals surface area contributed by atoms with E-state index < -0.39 is 0 Å². The molecule has 0 aliphatic carbocycles. The largest absolute Gasteiger partial charge is 0.351 e. The summed E-state index contributed by atoms with van der Waals surface area (Å²) in [5.74, 6) is 0.507. The van der Waals surface area contributed by atoms with Crippen molar-refractivity contribution in [1.82, 2.24) is 10.2 Å². The van der Waals surface area contributed by atoms with Crippen LogP contribution in [0.5, 0.6) is 0 Å². The van der Waals surface area contributed by atoms with E-state index in [4.69, 9.17) is 23.2 Å². The van der Waals surface area contributed by atoms with Crippen LogP contribution in [0.25, 0.3) is 0 Å². The number of rotatable bonds is 6.